The van der Waals surface area contributed by atoms with Gasteiger partial charge in [-0.3, -0.25) is 0 Å². The van der Waals surface area contributed by atoms with E-state index < -0.39 is 0 Å². The first-order valence-corrected chi connectivity index (χ1v) is 10.6. The predicted octanol–water partition coefficient (Wildman–Crippen LogP) is 2.92. The zero-order valence-corrected chi connectivity index (χ0v) is 17.7. The van der Waals surface area contributed by atoms with Gasteiger partial charge in [0.1, 0.15) is 17.3 Å². The Labute approximate surface area is 184 Å². The molecule has 1 atom stereocenters. The number of fused-ring (bicyclic) bond motifs is 1. The molecule has 32 heavy (non-hydrogen) atoms. The maximum absolute atomic E-state index is 6.23. The minimum absolute atomic E-state index is 0.178. The van der Waals surface area contributed by atoms with Crippen LogP contribution in [0.2, 0.25) is 0 Å². The Hall–Kier alpha value is -3.90. The van der Waals surface area contributed by atoms with Gasteiger partial charge in [0.05, 0.1) is 5.52 Å². The number of nitrogens with two attached hydrogens (primary N) is 2. The van der Waals surface area contributed by atoms with Gasteiger partial charge < -0.3 is 20.8 Å². The molecule has 0 aliphatic heterocycles. The minimum atomic E-state index is -0.335. The van der Waals surface area contributed by atoms with Gasteiger partial charge >= 0.3 is 0 Å². The van der Waals surface area contributed by atoms with Crippen LogP contribution in [0.3, 0.4) is 0 Å². The molecule has 1 fully saturated rings. The molecular weight excluding hydrogens is 406 g/mol. The maximum Gasteiger partial charge on any atom is 0.217 e. The van der Waals surface area contributed by atoms with Crippen molar-refractivity contribution in [2.24, 2.45) is 11.7 Å². The largest absolute Gasteiger partial charge is 0.468 e. The van der Waals surface area contributed by atoms with E-state index in [1.807, 2.05) is 47.9 Å². The molecule has 1 aromatic carbocycles. The fourth-order valence-corrected chi connectivity index (χ4v) is 3.56. The van der Waals surface area contributed by atoms with Crippen LogP contribution in [0, 0.1) is 17.8 Å². The summed E-state index contributed by atoms with van der Waals surface area (Å²) in [4.78, 5) is 9.45. The highest BCUT2D eigenvalue weighted by Crippen LogP contribution is 2.32. The zero-order valence-electron chi connectivity index (χ0n) is 17.7. The van der Waals surface area contributed by atoms with Gasteiger partial charge in [-0.1, -0.05) is 36.3 Å². The van der Waals surface area contributed by atoms with Crippen LogP contribution in [-0.2, 0) is 6.54 Å². The quantitative estimate of drug-likeness (QED) is 0.447. The van der Waals surface area contributed by atoms with Crippen LogP contribution in [0.5, 0.6) is 5.88 Å². The van der Waals surface area contributed by atoms with Crippen molar-refractivity contribution in [1.82, 2.24) is 24.8 Å². The Bertz CT molecular complexity index is 1310. The van der Waals surface area contributed by atoms with Gasteiger partial charge in [0, 0.05) is 25.1 Å². The summed E-state index contributed by atoms with van der Waals surface area (Å²) in [6.45, 7) is 2.94. The van der Waals surface area contributed by atoms with E-state index in [2.05, 4.69) is 27.1 Å². The first kappa shape index (κ1) is 20.0. The first-order chi connectivity index (χ1) is 15.7. The summed E-state index contributed by atoms with van der Waals surface area (Å²) in [5.74, 6) is 8.06. The Balaban J connectivity index is 1.64. The highest BCUT2D eigenvalue weighted by atomic mass is 16.6. The summed E-state index contributed by atoms with van der Waals surface area (Å²) >= 11 is 0. The van der Waals surface area contributed by atoms with E-state index in [1.54, 1.807) is 0 Å². The van der Waals surface area contributed by atoms with Crippen LogP contribution in [-0.4, -0.2) is 31.4 Å². The van der Waals surface area contributed by atoms with Gasteiger partial charge in [-0.2, -0.15) is 0 Å². The van der Waals surface area contributed by atoms with E-state index >= 15 is 0 Å². The molecule has 0 spiro atoms. The van der Waals surface area contributed by atoms with Crippen LogP contribution in [0.1, 0.15) is 37.1 Å². The molecule has 3 aromatic heterocycles. The van der Waals surface area contributed by atoms with Crippen molar-refractivity contribution < 1.29 is 9.37 Å². The topological polar surface area (TPSA) is 131 Å². The molecule has 9 nitrogen and oxygen atoms in total. The summed E-state index contributed by atoms with van der Waals surface area (Å²) in [6.07, 6.45) is 1.90. The molecule has 3 heterocycles. The standard InChI is InChI=1S/C23H23N7O2/c1-2-30-17-12-19(31-18(13-24)15-6-4-3-5-7-15)26-16(11-10-14-8-9-14)20(17)27-23(30)21-22(25)29-32-28-21/h3-7,12,14,18H,2,8-9,13,24H2,1H3,(H2,25,29)/t18-/m1/s1. The third kappa shape index (κ3) is 3.76. The van der Waals surface area contributed by atoms with Gasteiger partial charge in [-0.05, 0) is 41.6 Å². The zero-order chi connectivity index (χ0) is 22.1. The second-order valence-electron chi connectivity index (χ2n) is 7.65. The van der Waals surface area contributed by atoms with Crippen LogP contribution < -0.4 is 16.2 Å². The smallest absolute Gasteiger partial charge is 0.217 e. The molecule has 5 rings (SSSR count). The number of aryl methyl sites for hydroxylation is 1. The Morgan fingerprint density at radius 2 is 2.03 bits per heavy atom. The predicted molar refractivity (Wildman–Crippen MR) is 119 cm³/mol. The molecule has 1 aliphatic rings. The molecule has 0 saturated heterocycles. The van der Waals surface area contributed by atoms with E-state index in [0.29, 0.717) is 47.6 Å². The third-order valence-electron chi connectivity index (χ3n) is 5.38. The van der Waals surface area contributed by atoms with Crippen molar-refractivity contribution in [3.8, 4) is 29.2 Å². The number of aromatic nitrogens is 5. The second kappa shape index (κ2) is 8.32. The van der Waals surface area contributed by atoms with Crippen molar-refractivity contribution in [3.63, 3.8) is 0 Å². The van der Waals surface area contributed by atoms with Crippen molar-refractivity contribution in [1.29, 1.82) is 0 Å². The summed E-state index contributed by atoms with van der Waals surface area (Å²) in [5.41, 5.74) is 15.3. The van der Waals surface area contributed by atoms with Gasteiger partial charge in [0.2, 0.25) is 5.88 Å². The number of hydrogen-bond acceptors (Lipinski definition) is 8. The molecule has 0 unspecified atom stereocenters. The summed E-state index contributed by atoms with van der Waals surface area (Å²) < 4.78 is 13.0. The summed E-state index contributed by atoms with van der Waals surface area (Å²) in [7, 11) is 0. The number of nitrogens with zero attached hydrogens (tertiary/aromatic N) is 5. The number of imidazole rings is 1. The lowest BCUT2D eigenvalue weighted by molar-refractivity contribution is 0.205. The van der Waals surface area contributed by atoms with E-state index in [9.17, 15) is 0 Å². The average molecular weight is 429 g/mol. The summed E-state index contributed by atoms with van der Waals surface area (Å²) in [5, 5.41) is 7.62. The fraction of sp³-hybridized carbons (Fsp3) is 0.304. The van der Waals surface area contributed by atoms with Gasteiger partial charge in [0.25, 0.3) is 0 Å². The molecule has 0 radical (unpaired) electrons. The SMILES string of the molecule is CCn1c(-c2nonc2N)nc2c(C#CC3CC3)nc(O[C@H](CN)c3ccccc3)cc21. The number of rotatable bonds is 6. The van der Waals surface area contributed by atoms with Crippen LogP contribution in [0.15, 0.2) is 41.0 Å². The first-order valence-electron chi connectivity index (χ1n) is 10.6. The number of ether oxygens (including phenoxy) is 1. The monoisotopic (exact) mass is 429 g/mol. The number of hydrogen-bond donors (Lipinski definition) is 2. The van der Waals surface area contributed by atoms with Crippen molar-refractivity contribution in [3.05, 3.63) is 47.7 Å². The minimum Gasteiger partial charge on any atom is -0.468 e. The van der Waals surface area contributed by atoms with Gasteiger partial charge in [0.15, 0.2) is 17.3 Å². The van der Waals surface area contributed by atoms with Gasteiger partial charge in [-0.25, -0.2) is 14.6 Å². The molecule has 1 saturated carbocycles. The van der Waals surface area contributed by atoms with Gasteiger partial charge in [-0.15, -0.1) is 0 Å². The molecule has 0 bridgehead atoms. The lowest BCUT2D eigenvalue weighted by Crippen LogP contribution is -2.19. The van der Waals surface area contributed by atoms with E-state index in [-0.39, 0.29) is 11.9 Å². The highest BCUT2D eigenvalue weighted by molar-refractivity contribution is 5.86. The number of benzene rings is 1. The Morgan fingerprint density at radius 1 is 1.22 bits per heavy atom. The number of pyridine rings is 1. The fourth-order valence-electron chi connectivity index (χ4n) is 3.56. The van der Waals surface area contributed by atoms with E-state index in [0.717, 1.165) is 23.9 Å². The molecular formula is C23H23N7O2. The summed E-state index contributed by atoms with van der Waals surface area (Å²) in [6, 6.07) is 11.7. The lowest BCUT2D eigenvalue weighted by Gasteiger charge is -2.17. The lowest BCUT2D eigenvalue weighted by atomic mass is 10.1. The molecule has 1 aliphatic carbocycles. The normalized spacial score (nSPS) is 14.2. The average Bonchev–Trinajstić information content (AvgIpc) is 3.44. The highest BCUT2D eigenvalue weighted by Gasteiger charge is 2.23. The van der Waals surface area contributed by atoms with Crippen LogP contribution >= 0.6 is 0 Å². The maximum atomic E-state index is 6.23. The number of anilines is 1. The molecule has 4 aromatic rings. The Morgan fingerprint density at radius 3 is 2.69 bits per heavy atom. The van der Waals surface area contributed by atoms with E-state index in [1.165, 1.54) is 0 Å². The molecule has 9 heteroatoms. The second-order valence-corrected chi connectivity index (χ2v) is 7.65. The number of nitrogen functional groups attached to an aromatic ring is 1. The molecule has 0 amide bonds. The Kier molecular flexibility index (Phi) is 5.21. The van der Waals surface area contributed by atoms with Crippen molar-refractivity contribution >= 4 is 16.9 Å². The molecule has 4 N–H and O–H groups in total. The van der Waals surface area contributed by atoms with Crippen LogP contribution in [0.4, 0.5) is 5.82 Å². The molecule has 162 valence electrons. The van der Waals surface area contributed by atoms with E-state index in [4.69, 9.17) is 25.8 Å². The van der Waals surface area contributed by atoms with Crippen LogP contribution in [0.25, 0.3) is 22.6 Å². The third-order valence-corrected chi connectivity index (χ3v) is 5.38. The van der Waals surface area contributed by atoms with Crippen molar-refractivity contribution in [2.45, 2.75) is 32.4 Å². The van der Waals surface area contributed by atoms with Crippen molar-refractivity contribution in [2.75, 3.05) is 12.3 Å².